The van der Waals surface area contributed by atoms with Crippen LogP contribution in [-0.2, 0) is 0 Å². The second-order valence-corrected chi connectivity index (χ2v) is 4.56. The Bertz CT molecular complexity index is 693. The van der Waals surface area contributed by atoms with Crippen LogP contribution in [-0.4, -0.2) is 7.11 Å². The summed E-state index contributed by atoms with van der Waals surface area (Å²) in [6.45, 7) is 1.78. The predicted octanol–water partition coefficient (Wildman–Crippen LogP) is 3.52. The minimum Gasteiger partial charge on any atom is -0.493 e. The van der Waals surface area contributed by atoms with E-state index >= 15 is 0 Å². The summed E-state index contributed by atoms with van der Waals surface area (Å²) in [6.07, 6.45) is 0. The quantitative estimate of drug-likeness (QED) is 0.933. The van der Waals surface area contributed by atoms with Crippen molar-refractivity contribution in [3.05, 3.63) is 53.3 Å². The molecule has 0 saturated carbocycles. The molecule has 0 saturated heterocycles. The van der Waals surface area contributed by atoms with E-state index in [1.165, 1.54) is 25.3 Å². The molecule has 0 aliphatic rings. The first-order valence-corrected chi connectivity index (χ1v) is 6.36. The minimum absolute atomic E-state index is 0.0717. The molecule has 5 heteroatoms. The van der Waals surface area contributed by atoms with Crippen LogP contribution >= 0.6 is 0 Å². The van der Waals surface area contributed by atoms with Crippen LogP contribution in [0.1, 0.15) is 24.1 Å². The number of methoxy groups -OCH3 is 1. The molecule has 0 amide bonds. The van der Waals surface area contributed by atoms with Crippen molar-refractivity contribution >= 4 is 0 Å². The summed E-state index contributed by atoms with van der Waals surface area (Å²) in [5, 5.41) is 8.85. The molecule has 2 aromatic carbocycles. The van der Waals surface area contributed by atoms with Gasteiger partial charge in [-0.1, -0.05) is 6.07 Å². The maximum Gasteiger partial charge on any atom is 0.169 e. The van der Waals surface area contributed by atoms with Gasteiger partial charge >= 0.3 is 0 Å². The third-order valence-electron chi connectivity index (χ3n) is 2.99. The third-order valence-corrected chi connectivity index (χ3v) is 2.99. The molecule has 0 bridgehead atoms. The molecule has 0 aromatic heterocycles. The van der Waals surface area contributed by atoms with E-state index in [4.69, 9.17) is 20.5 Å². The highest BCUT2D eigenvalue weighted by molar-refractivity contribution is 5.48. The van der Waals surface area contributed by atoms with Crippen molar-refractivity contribution in [3.63, 3.8) is 0 Å². The normalized spacial score (nSPS) is 11.6. The van der Waals surface area contributed by atoms with Crippen LogP contribution in [0, 0.1) is 17.1 Å². The number of rotatable bonds is 4. The van der Waals surface area contributed by atoms with Crippen molar-refractivity contribution in [2.75, 3.05) is 7.11 Å². The SMILES string of the molecule is COc1cc(C#N)ccc1Oc1ccc([C@@H](C)N)cc1F. The third kappa shape index (κ3) is 3.30. The van der Waals surface area contributed by atoms with E-state index in [0.29, 0.717) is 22.6 Å². The Balaban J connectivity index is 2.32. The van der Waals surface area contributed by atoms with E-state index in [2.05, 4.69) is 0 Å². The van der Waals surface area contributed by atoms with Gasteiger partial charge in [0.05, 0.1) is 18.7 Å². The minimum atomic E-state index is -0.504. The average molecular weight is 286 g/mol. The molecule has 0 heterocycles. The molecule has 0 spiro atoms. The van der Waals surface area contributed by atoms with Gasteiger partial charge in [0.15, 0.2) is 23.1 Å². The highest BCUT2D eigenvalue weighted by atomic mass is 19.1. The van der Waals surface area contributed by atoms with Crippen LogP contribution in [0.4, 0.5) is 4.39 Å². The topological polar surface area (TPSA) is 68.3 Å². The molecular weight excluding hydrogens is 271 g/mol. The molecule has 0 fully saturated rings. The van der Waals surface area contributed by atoms with Crippen LogP contribution in [0.3, 0.4) is 0 Å². The van der Waals surface area contributed by atoms with Gasteiger partial charge in [-0.05, 0) is 36.8 Å². The van der Waals surface area contributed by atoms with Gasteiger partial charge in [0, 0.05) is 12.1 Å². The Labute approximate surface area is 122 Å². The molecule has 108 valence electrons. The van der Waals surface area contributed by atoms with E-state index in [-0.39, 0.29) is 11.8 Å². The molecule has 4 nitrogen and oxygen atoms in total. The lowest BCUT2D eigenvalue weighted by molar-refractivity contribution is 0.370. The zero-order valence-electron chi connectivity index (χ0n) is 11.8. The summed E-state index contributed by atoms with van der Waals surface area (Å²) < 4.78 is 24.7. The van der Waals surface area contributed by atoms with Gasteiger partial charge in [-0.2, -0.15) is 5.26 Å². The molecule has 1 atom stereocenters. The first-order valence-electron chi connectivity index (χ1n) is 6.36. The van der Waals surface area contributed by atoms with Crippen LogP contribution in [0.5, 0.6) is 17.2 Å². The lowest BCUT2D eigenvalue weighted by Gasteiger charge is -2.12. The number of halogens is 1. The van der Waals surface area contributed by atoms with Gasteiger partial charge in [-0.25, -0.2) is 4.39 Å². The second-order valence-electron chi connectivity index (χ2n) is 4.56. The fourth-order valence-electron chi connectivity index (χ4n) is 1.82. The summed E-state index contributed by atoms with van der Waals surface area (Å²) in [4.78, 5) is 0. The highest BCUT2D eigenvalue weighted by Gasteiger charge is 2.12. The summed E-state index contributed by atoms with van der Waals surface area (Å²) in [5.74, 6) is 0.271. The zero-order chi connectivity index (χ0) is 15.4. The summed E-state index contributed by atoms with van der Waals surface area (Å²) in [7, 11) is 1.46. The van der Waals surface area contributed by atoms with Crippen LogP contribution in [0.2, 0.25) is 0 Å². The standard InChI is InChI=1S/C16H15FN2O2/c1-10(19)12-4-6-14(13(17)8-12)21-15-5-3-11(9-18)7-16(15)20-2/h3-8,10H,19H2,1-2H3/t10-/m1/s1. The first-order chi connectivity index (χ1) is 10.0. The lowest BCUT2D eigenvalue weighted by Crippen LogP contribution is -2.05. The van der Waals surface area contributed by atoms with Crippen LogP contribution in [0.25, 0.3) is 0 Å². The largest absolute Gasteiger partial charge is 0.493 e. The highest BCUT2D eigenvalue weighted by Crippen LogP contribution is 2.33. The van der Waals surface area contributed by atoms with Crippen molar-refractivity contribution < 1.29 is 13.9 Å². The van der Waals surface area contributed by atoms with E-state index in [0.717, 1.165) is 0 Å². The Kier molecular flexibility index (Phi) is 4.41. The Hall–Kier alpha value is -2.58. The molecule has 0 aliphatic carbocycles. The summed E-state index contributed by atoms with van der Waals surface area (Å²) in [5.41, 5.74) is 6.83. The Morgan fingerprint density at radius 3 is 2.43 bits per heavy atom. The fraction of sp³-hybridized carbons (Fsp3) is 0.188. The maximum absolute atomic E-state index is 14.0. The van der Waals surface area contributed by atoms with Gasteiger partial charge in [-0.15, -0.1) is 0 Å². The van der Waals surface area contributed by atoms with Gasteiger partial charge in [0.25, 0.3) is 0 Å². The lowest BCUT2D eigenvalue weighted by atomic mass is 10.1. The number of nitrogens with zero attached hydrogens (tertiary/aromatic N) is 1. The van der Waals surface area contributed by atoms with E-state index in [1.807, 2.05) is 6.07 Å². The molecule has 0 unspecified atom stereocenters. The monoisotopic (exact) mass is 286 g/mol. The fourth-order valence-corrected chi connectivity index (χ4v) is 1.82. The zero-order valence-corrected chi connectivity index (χ0v) is 11.8. The van der Waals surface area contributed by atoms with Gasteiger partial charge in [-0.3, -0.25) is 0 Å². The second kappa shape index (κ2) is 6.25. The summed E-state index contributed by atoms with van der Waals surface area (Å²) in [6, 6.07) is 11.0. The molecule has 2 rings (SSSR count). The Morgan fingerprint density at radius 2 is 1.86 bits per heavy atom. The number of hydrogen-bond donors (Lipinski definition) is 1. The van der Waals surface area contributed by atoms with Crippen molar-refractivity contribution in [2.45, 2.75) is 13.0 Å². The number of nitriles is 1. The van der Waals surface area contributed by atoms with Gasteiger partial charge in [0.1, 0.15) is 0 Å². The van der Waals surface area contributed by atoms with Gasteiger partial charge < -0.3 is 15.2 Å². The van der Waals surface area contributed by atoms with Gasteiger partial charge in [0.2, 0.25) is 0 Å². The molecular formula is C16H15FN2O2. The molecule has 0 aliphatic heterocycles. The molecule has 2 aromatic rings. The van der Waals surface area contributed by atoms with E-state index < -0.39 is 5.82 Å². The van der Waals surface area contributed by atoms with Crippen LogP contribution < -0.4 is 15.2 Å². The van der Waals surface area contributed by atoms with Crippen LogP contribution in [0.15, 0.2) is 36.4 Å². The predicted molar refractivity (Wildman–Crippen MR) is 76.8 cm³/mol. The van der Waals surface area contributed by atoms with Crippen molar-refractivity contribution in [1.82, 2.24) is 0 Å². The van der Waals surface area contributed by atoms with E-state index in [1.54, 1.807) is 25.1 Å². The average Bonchev–Trinajstić information content (AvgIpc) is 2.49. The number of ether oxygens (including phenoxy) is 2. The maximum atomic E-state index is 14.0. The van der Waals surface area contributed by atoms with Crippen molar-refractivity contribution in [3.8, 4) is 23.3 Å². The molecule has 2 N–H and O–H groups in total. The first kappa shape index (κ1) is 14.8. The van der Waals surface area contributed by atoms with Crippen molar-refractivity contribution in [1.29, 1.82) is 5.26 Å². The molecule has 0 radical (unpaired) electrons. The van der Waals surface area contributed by atoms with Crippen molar-refractivity contribution in [2.24, 2.45) is 5.73 Å². The Morgan fingerprint density at radius 1 is 1.14 bits per heavy atom. The smallest absolute Gasteiger partial charge is 0.169 e. The number of hydrogen-bond acceptors (Lipinski definition) is 4. The molecule has 21 heavy (non-hydrogen) atoms. The number of nitrogens with two attached hydrogens (primary N) is 1. The van der Waals surface area contributed by atoms with E-state index in [9.17, 15) is 4.39 Å². The summed E-state index contributed by atoms with van der Waals surface area (Å²) >= 11 is 0. The number of benzene rings is 2.